The summed E-state index contributed by atoms with van der Waals surface area (Å²) in [5.41, 5.74) is 2.17. The molecule has 0 unspecified atom stereocenters. The summed E-state index contributed by atoms with van der Waals surface area (Å²) >= 11 is 0. The van der Waals surface area contributed by atoms with Crippen LogP contribution in [-0.4, -0.2) is 41.4 Å². The van der Waals surface area contributed by atoms with Crippen molar-refractivity contribution in [3.05, 3.63) is 30.1 Å². The van der Waals surface area contributed by atoms with Gasteiger partial charge in [0.25, 0.3) is 0 Å². The predicted molar refractivity (Wildman–Crippen MR) is 84.8 cm³/mol. The molecule has 0 aromatic carbocycles. The zero-order chi connectivity index (χ0) is 15.4. The first-order valence-electron chi connectivity index (χ1n) is 7.76. The molecule has 2 amide bonds. The number of nitrogens with zero attached hydrogens (tertiary/aromatic N) is 2. The van der Waals surface area contributed by atoms with E-state index in [1.165, 1.54) is 5.56 Å². The quantitative estimate of drug-likeness (QED) is 0.881. The highest BCUT2D eigenvalue weighted by molar-refractivity contribution is 5.80. The van der Waals surface area contributed by atoms with Crippen LogP contribution in [0.15, 0.2) is 24.5 Å². The highest BCUT2D eigenvalue weighted by Gasteiger charge is 2.16. The van der Waals surface area contributed by atoms with Gasteiger partial charge in [0, 0.05) is 44.5 Å². The summed E-state index contributed by atoms with van der Waals surface area (Å²) in [6, 6.07) is 3.87. The lowest BCUT2D eigenvalue weighted by atomic mass is 10.1. The van der Waals surface area contributed by atoms with Crippen molar-refractivity contribution in [2.24, 2.45) is 7.05 Å². The molecule has 3 rings (SSSR count). The van der Waals surface area contributed by atoms with E-state index in [-0.39, 0.29) is 12.1 Å². The number of carbonyl (C=O) groups excluding carboxylic acids is 1. The molecule has 118 valence electrons. The third kappa shape index (κ3) is 3.39. The Bertz CT molecular complexity index is 647. The van der Waals surface area contributed by atoms with Gasteiger partial charge in [-0.15, -0.1) is 0 Å². The molecule has 1 saturated heterocycles. The predicted octanol–water partition coefficient (Wildman–Crippen LogP) is 1.59. The SMILES string of the molecule is Cn1cc(CCNC(=O)NC[C@@H]2CCCO2)c2cccnc21. The van der Waals surface area contributed by atoms with E-state index in [0.29, 0.717) is 13.1 Å². The number of aromatic nitrogens is 2. The van der Waals surface area contributed by atoms with E-state index in [0.717, 1.165) is 36.9 Å². The number of rotatable bonds is 5. The first-order valence-corrected chi connectivity index (χ1v) is 7.76. The van der Waals surface area contributed by atoms with Gasteiger partial charge in [-0.05, 0) is 37.0 Å². The van der Waals surface area contributed by atoms with Crippen LogP contribution >= 0.6 is 0 Å². The second kappa shape index (κ2) is 6.79. The summed E-state index contributed by atoms with van der Waals surface area (Å²) in [6.45, 7) is 2.00. The first kappa shape index (κ1) is 14.8. The second-order valence-electron chi connectivity index (χ2n) is 5.66. The fourth-order valence-electron chi connectivity index (χ4n) is 2.88. The number of nitrogens with one attached hydrogen (secondary N) is 2. The number of ether oxygens (including phenoxy) is 1. The van der Waals surface area contributed by atoms with E-state index in [4.69, 9.17) is 4.74 Å². The van der Waals surface area contributed by atoms with Crippen molar-refractivity contribution >= 4 is 17.1 Å². The Morgan fingerprint density at radius 3 is 3.23 bits per heavy atom. The molecule has 1 aliphatic heterocycles. The molecule has 2 N–H and O–H groups in total. The maximum Gasteiger partial charge on any atom is 0.314 e. The van der Waals surface area contributed by atoms with Crippen molar-refractivity contribution in [3.63, 3.8) is 0 Å². The Morgan fingerprint density at radius 2 is 2.41 bits per heavy atom. The van der Waals surface area contributed by atoms with Gasteiger partial charge in [-0.2, -0.15) is 0 Å². The number of hydrogen-bond donors (Lipinski definition) is 2. The molecular formula is C16H22N4O2. The summed E-state index contributed by atoms with van der Waals surface area (Å²) in [6.07, 6.45) is 6.95. The van der Waals surface area contributed by atoms with Gasteiger partial charge in [0.15, 0.2) is 0 Å². The zero-order valence-electron chi connectivity index (χ0n) is 12.8. The summed E-state index contributed by atoms with van der Waals surface area (Å²) in [5.74, 6) is 0. The van der Waals surface area contributed by atoms with Crippen molar-refractivity contribution in [2.45, 2.75) is 25.4 Å². The van der Waals surface area contributed by atoms with Crippen LogP contribution < -0.4 is 10.6 Å². The molecule has 6 heteroatoms. The van der Waals surface area contributed by atoms with Gasteiger partial charge in [-0.3, -0.25) is 0 Å². The van der Waals surface area contributed by atoms with Crippen LogP contribution in [0.2, 0.25) is 0 Å². The van der Waals surface area contributed by atoms with Crippen molar-refractivity contribution in [3.8, 4) is 0 Å². The molecule has 0 spiro atoms. The molecule has 0 saturated carbocycles. The Kier molecular flexibility index (Phi) is 4.58. The summed E-state index contributed by atoms with van der Waals surface area (Å²) in [7, 11) is 1.99. The molecule has 2 aromatic heterocycles. The minimum atomic E-state index is -0.131. The van der Waals surface area contributed by atoms with Gasteiger partial charge in [0.1, 0.15) is 5.65 Å². The van der Waals surface area contributed by atoms with Gasteiger partial charge < -0.3 is 19.9 Å². The van der Waals surface area contributed by atoms with Crippen LogP contribution in [0, 0.1) is 0 Å². The fraction of sp³-hybridized carbons (Fsp3) is 0.500. The smallest absolute Gasteiger partial charge is 0.314 e. The maximum absolute atomic E-state index is 11.8. The fourth-order valence-corrected chi connectivity index (χ4v) is 2.88. The van der Waals surface area contributed by atoms with Crippen molar-refractivity contribution in [1.29, 1.82) is 0 Å². The summed E-state index contributed by atoms with van der Waals surface area (Å²) < 4.78 is 7.49. The monoisotopic (exact) mass is 302 g/mol. The molecule has 1 atom stereocenters. The van der Waals surface area contributed by atoms with Crippen LogP contribution in [0.1, 0.15) is 18.4 Å². The third-order valence-electron chi connectivity index (χ3n) is 4.01. The van der Waals surface area contributed by atoms with Gasteiger partial charge in [0.2, 0.25) is 0 Å². The largest absolute Gasteiger partial charge is 0.376 e. The van der Waals surface area contributed by atoms with E-state index in [1.807, 2.05) is 17.7 Å². The number of pyridine rings is 1. The van der Waals surface area contributed by atoms with E-state index < -0.39 is 0 Å². The van der Waals surface area contributed by atoms with Crippen molar-refractivity contribution < 1.29 is 9.53 Å². The second-order valence-corrected chi connectivity index (χ2v) is 5.66. The lowest BCUT2D eigenvalue weighted by Gasteiger charge is -2.11. The van der Waals surface area contributed by atoms with Crippen LogP contribution in [0.5, 0.6) is 0 Å². The van der Waals surface area contributed by atoms with Crippen molar-refractivity contribution in [2.75, 3.05) is 19.7 Å². The normalized spacial score (nSPS) is 17.8. The topological polar surface area (TPSA) is 68.2 Å². The Hall–Kier alpha value is -2.08. The number of urea groups is 1. The minimum absolute atomic E-state index is 0.131. The molecule has 0 aliphatic carbocycles. The van der Waals surface area contributed by atoms with Crippen LogP contribution in [0.4, 0.5) is 4.79 Å². The number of aryl methyl sites for hydroxylation is 1. The number of carbonyl (C=O) groups is 1. The van der Waals surface area contributed by atoms with Gasteiger partial charge in [-0.1, -0.05) is 0 Å². The van der Waals surface area contributed by atoms with E-state index >= 15 is 0 Å². The Balaban J connectivity index is 1.46. The molecule has 22 heavy (non-hydrogen) atoms. The Morgan fingerprint density at radius 1 is 1.50 bits per heavy atom. The maximum atomic E-state index is 11.8. The molecule has 0 bridgehead atoms. The number of hydrogen-bond acceptors (Lipinski definition) is 3. The van der Waals surface area contributed by atoms with Gasteiger partial charge in [-0.25, -0.2) is 9.78 Å². The number of amides is 2. The molecule has 0 radical (unpaired) electrons. The molecule has 2 aromatic rings. The zero-order valence-corrected chi connectivity index (χ0v) is 12.8. The molecule has 1 fully saturated rings. The molecular weight excluding hydrogens is 280 g/mol. The van der Waals surface area contributed by atoms with Crippen LogP contribution in [0.25, 0.3) is 11.0 Å². The first-order chi connectivity index (χ1) is 10.7. The standard InChI is InChI=1S/C16H22N4O2/c1-20-11-12(14-5-2-7-17-15(14)20)6-8-18-16(21)19-10-13-4-3-9-22-13/h2,5,7,11,13H,3-4,6,8-10H2,1H3,(H2,18,19,21)/t13-/m0/s1. The average Bonchev–Trinajstić information content (AvgIpc) is 3.15. The van der Waals surface area contributed by atoms with E-state index in [9.17, 15) is 4.79 Å². The van der Waals surface area contributed by atoms with Gasteiger partial charge >= 0.3 is 6.03 Å². The molecule has 6 nitrogen and oxygen atoms in total. The molecule has 3 heterocycles. The summed E-state index contributed by atoms with van der Waals surface area (Å²) in [5, 5.41) is 6.90. The Labute approximate surface area is 129 Å². The summed E-state index contributed by atoms with van der Waals surface area (Å²) in [4.78, 5) is 16.1. The highest BCUT2D eigenvalue weighted by atomic mass is 16.5. The average molecular weight is 302 g/mol. The van der Waals surface area contributed by atoms with Crippen LogP contribution in [-0.2, 0) is 18.2 Å². The lowest BCUT2D eigenvalue weighted by Crippen LogP contribution is -2.40. The van der Waals surface area contributed by atoms with Gasteiger partial charge in [0.05, 0.1) is 6.10 Å². The third-order valence-corrected chi connectivity index (χ3v) is 4.01. The van der Waals surface area contributed by atoms with Crippen molar-refractivity contribution in [1.82, 2.24) is 20.2 Å². The van der Waals surface area contributed by atoms with E-state index in [2.05, 4.69) is 27.9 Å². The number of fused-ring (bicyclic) bond motifs is 1. The van der Waals surface area contributed by atoms with Crippen LogP contribution in [0.3, 0.4) is 0 Å². The minimum Gasteiger partial charge on any atom is -0.376 e. The van der Waals surface area contributed by atoms with E-state index in [1.54, 1.807) is 6.20 Å². The highest BCUT2D eigenvalue weighted by Crippen LogP contribution is 2.18. The lowest BCUT2D eigenvalue weighted by molar-refractivity contribution is 0.111. The molecule has 1 aliphatic rings.